The summed E-state index contributed by atoms with van der Waals surface area (Å²) in [6.07, 6.45) is 1.60. The highest BCUT2D eigenvalue weighted by atomic mass is 16.6. The summed E-state index contributed by atoms with van der Waals surface area (Å²) in [5.41, 5.74) is 0.0810. The second-order valence-corrected chi connectivity index (χ2v) is 7.76. The monoisotopic (exact) mass is 312 g/mol. The van der Waals surface area contributed by atoms with E-state index in [-0.39, 0.29) is 23.7 Å². The molecule has 0 aromatic rings. The number of rotatable bonds is 5. The zero-order valence-electron chi connectivity index (χ0n) is 14.7. The molecule has 5 heteroatoms. The maximum Gasteiger partial charge on any atom is 0.407 e. The van der Waals surface area contributed by atoms with Gasteiger partial charge in [-0.05, 0) is 25.7 Å². The molecule has 2 fully saturated rings. The Labute approximate surface area is 134 Å². The Morgan fingerprint density at radius 2 is 1.95 bits per heavy atom. The van der Waals surface area contributed by atoms with Gasteiger partial charge in [0, 0.05) is 30.6 Å². The zero-order chi connectivity index (χ0) is 16.3. The molecule has 0 aromatic carbocycles. The van der Waals surface area contributed by atoms with E-state index in [4.69, 9.17) is 9.47 Å². The fourth-order valence-corrected chi connectivity index (χ4v) is 3.73. The summed E-state index contributed by atoms with van der Waals surface area (Å²) in [5.74, 6) is 0.536. The van der Waals surface area contributed by atoms with Crippen molar-refractivity contribution in [3.8, 4) is 0 Å². The second kappa shape index (κ2) is 7.18. The van der Waals surface area contributed by atoms with E-state index < -0.39 is 0 Å². The number of amides is 1. The summed E-state index contributed by atoms with van der Waals surface area (Å²) < 4.78 is 10.9. The van der Waals surface area contributed by atoms with Crippen LogP contribution in [0.15, 0.2) is 0 Å². The van der Waals surface area contributed by atoms with Crippen molar-refractivity contribution >= 4 is 6.09 Å². The van der Waals surface area contributed by atoms with Crippen LogP contribution in [0.4, 0.5) is 4.79 Å². The molecule has 1 aliphatic heterocycles. The van der Waals surface area contributed by atoms with Crippen LogP contribution in [-0.2, 0) is 9.47 Å². The summed E-state index contributed by atoms with van der Waals surface area (Å²) in [5, 5.41) is 3.06. The maximum atomic E-state index is 12.0. The van der Waals surface area contributed by atoms with Gasteiger partial charge in [0.05, 0.1) is 13.2 Å². The van der Waals surface area contributed by atoms with Crippen LogP contribution in [0.1, 0.15) is 47.5 Å². The molecule has 0 bridgehead atoms. The maximum absolute atomic E-state index is 12.0. The van der Waals surface area contributed by atoms with Gasteiger partial charge in [0.1, 0.15) is 6.10 Å². The van der Waals surface area contributed by atoms with Crippen LogP contribution in [0.5, 0.6) is 0 Å². The van der Waals surface area contributed by atoms with Gasteiger partial charge in [0.25, 0.3) is 0 Å². The highest BCUT2D eigenvalue weighted by molar-refractivity contribution is 5.68. The molecule has 0 aromatic heterocycles. The zero-order valence-corrected chi connectivity index (χ0v) is 14.7. The van der Waals surface area contributed by atoms with Crippen molar-refractivity contribution in [3.05, 3.63) is 0 Å². The molecule has 0 unspecified atom stereocenters. The molecule has 22 heavy (non-hydrogen) atoms. The molecule has 1 amide bonds. The van der Waals surface area contributed by atoms with E-state index in [1.807, 2.05) is 6.92 Å². The minimum absolute atomic E-state index is 0.0294. The van der Waals surface area contributed by atoms with E-state index in [9.17, 15) is 4.79 Å². The van der Waals surface area contributed by atoms with Crippen LogP contribution >= 0.6 is 0 Å². The first-order chi connectivity index (χ1) is 10.3. The lowest BCUT2D eigenvalue weighted by Gasteiger charge is -2.56. The first kappa shape index (κ1) is 17.5. The average molecular weight is 312 g/mol. The van der Waals surface area contributed by atoms with Crippen LogP contribution in [0, 0.1) is 11.3 Å². The third-order valence-corrected chi connectivity index (χ3v) is 5.11. The van der Waals surface area contributed by atoms with E-state index in [0.717, 1.165) is 39.1 Å². The van der Waals surface area contributed by atoms with Crippen LogP contribution in [-0.4, -0.2) is 55.5 Å². The van der Waals surface area contributed by atoms with Crippen molar-refractivity contribution in [2.75, 3.05) is 26.3 Å². The standard InChI is InChI=1S/C17H32N2O3/c1-12(2)10-13(3)22-16(20)18-14-11-15(17(14,4)5)19-6-8-21-9-7-19/h12-15H,6-11H2,1-5H3,(H,18,20)/t13-,14-,15+/m0/s1. The molecule has 1 heterocycles. The summed E-state index contributed by atoms with van der Waals surface area (Å²) in [4.78, 5) is 14.5. The van der Waals surface area contributed by atoms with Crippen LogP contribution < -0.4 is 5.32 Å². The third kappa shape index (κ3) is 4.13. The highest BCUT2D eigenvalue weighted by Crippen LogP contribution is 2.44. The van der Waals surface area contributed by atoms with Crippen molar-refractivity contribution in [2.24, 2.45) is 11.3 Å². The summed E-state index contributed by atoms with van der Waals surface area (Å²) in [6, 6.07) is 0.717. The topological polar surface area (TPSA) is 50.8 Å². The average Bonchev–Trinajstić information content (AvgIpc) is 2.43. The van der Waals surface area contributed by atoms with E-state index in [1.54, 1.807) is 0 Å². The quantitative estimate of drug-likeness (QED) is 0.848. The Bertz CT molecular complexity index is 378. The minimum atomic E-state index is -0.272. The number of ether oxygens (including phenoxy) is 2. The minimum Gasteiger partial charge on any atom is -0.447 e. The molecule has 3 atom stereocenters. The van der Waals surface area contributed by atoms with Gasteiger partial charge in [-0.3, -0.25) is 4.90 Å². The second-order valence-electron chi connectivity index (χ2n) is 7.76. The molecule has 1 aliphatic carbocycles. The number of hydrogen-bond acceptors (Lipinski definition) is 4. The van der Waals surface area contributed by atoms with E-state index in [0.29, 0.717) is 12.0 Å². The molecule has 0 spiro atoms. The first-order valence-corrected chi connectivity index (χ1v) is 8.59. The van der Waals surface area contributed by atoms with Gasteiger partial charge >= 0.3 is 6.09 Å². The number of alkyl carbamates (subject to hydrolysis) is 1. The number of carbonyl (C=O) groups excluding carboxylic acids is 1. The van der Waals surface area contributed by atoms with Crippen molar-refractivity contribution in [3.63, 3.8) is 0 Å². The Morgan fingerprint density at radius 1 is 1.32 bits per heavy atom. The van der Waals surface area contributed by atoms with E-state index in [2.05, 4.69) is 37.9 Å². The predicted octanol–water partition coefficient (Wildman–Crippen LogP) is 2.65. The summed E-state index contributed by atoms with van der Waals surface area (Å²) in [7, 11) is 0. The molecule has 2 aliphatic rings. The van der Waals surface area contributed by atoms with Gasteiger partial charge in [-0.2, -0.15) is 0 Å². The number of nitrogens with zero attached hydrogens (tertiary/aromatic N) is 1. The Kier molecular flexibility index (Phi) is 5.72. The molecule has 1 saturated carbocycles. The number of carbonyl (C=O) groups is 1. The van der Waals surface area contributed by atoms with Gasteiger partial charge in [0.15, 0.2) is 0 Å². The molecule has 2 rings (SSSR count). The summed E-state index contributed by atoms with van der Waals surface area (Å²) >= 11 is 0. The largest absolute Gasteiger partial charge is 0.447 e. The lowest BCUT2D eigenvalue weighted by molar-refractivity contribution is -0.0768. The number of nitrogens with one attached hydrogen (secondary N) is 1. The van der Waals surface area contributed by atoms with Crippen molar-refractivity contribution in [1.29, 1.82) is 0 Å². The van der Waals surface area contributed by atoms with Gasteiger partial charge in [-0.25, -0.2) is 4.79 Å². The third-order valence-electron chi connectivity index (χ3n) is 5.11. The van der Waals surface area contributed by atoms with Crippen molar-refractivity contribution in [1.82, 2.24) is 10.2 Å². The Balaban J connectivity index is 1.78. The Morgan fingerprint density at radius 3 is 2.50 bits per heavy atom. The van der Waals surface area contributed by atoms with Crippen molar-refractivity contribution < 1.29 is 14.3 Å². The Hall–Kier alpha value is -0.810. The van der Waals surface area contributed by atoms with Crippen LogP contribution in [0.25, 0.3) is 0 Å². The molecule has 0 radical (unpaired) electrons. The van der Waals surface area contributed by atoms with Gasteiger partial charge in [-0.15, -0.1) is 0 Å². The van der Waals surface area contributed by atoms with Crippen LogP contribution in [0.3, 0.4) is 0 Å². The molecular formula is C17H32N2O3. The van der Waals surface area contributed by atoms with Gasteiger partial charge in [-0.1, -0.05) is 27.7 Å². The highest BCUT2D eigenvalue weighted by Gasteiger charge is 2.51. The molecular weight excluding hydrogens is 280 g/mol. The van der Waals surface area contributed by atoms with Crippen molar-refractivity contribution in [2.45, 2.75) is 65.6 Å². The van der Waals surface area contributed by atoms with Gasteiger partial charge < -0.3 is 14.8 Å². The smallest absolute Gasteiger partial charge is 0.407 e. The van der Waals surface area contributed by atoms with Crippen LogP contribution in [0.2, 0.25) is 0 Å². The molecule has 1 saturated heterocycles. The van der Waals surface area contributed by atoms with E-state index in [1.165, 1.54) is 0 Å². The predicted molar refractivity (Wildman–Crippen MR) is 86.9 cm³/mol. The number of morpholine rings is 1. The normalized spacial score (nSPS) is 29.7. The fourth-order valence-electron chi connectivity index (χ4n) is 3.73. The van der Waals surface area contributed by atoms with E-state index >= 15 is 0 Å². The molecule has 128 valence electrons. The SMILES string of the molecule is CC(C)C[C@H](C)OC(=O)N[C@H]1C[C@@H](N2CCOCC2)C1(C)C. The fraction of sp³-hybridized carbons (Fsp3) is 0.941. The summed E-state index contributed by atoms with van der Waals surface area (Å²) in [6.45, 7) is 14.3. The molecule has 5 nitrogen and oxygen atoms in total. The number of hydrogen-bond donors (Lipinski definition) is 1. The lowest BCUT2D eigenvalue weighted by atomic mass is 9.62. The first-order valence-electron chi connectivity index (χ1n) is 8.59. The van der Waals surface area contributed by atoms with Gasteiger partial charge in [0.2, 0.25) is 0 Å². The lowest BCUT2D eigenvalue weighted by Crippen LogP contribution is -2.67. The molecule has 1 N–H and O–H groups in total.